The zero-order chi connectivity index (χ0) is 31.2. The summed E-state index contributed by atoms with van der Waals surface area (Å²) in [4.78, 5) is 25.3. The molecule has 0 atom stereocenters. The summed E-state index contributed by atoms with van der Waals surface area (Å²) < 4.78 is 31.7. The number of nitrogens with one attached hydrogen (secondary N) is 3. The average molecular weight is 607 g/mol. The van der Waals surface area contributed by atoms with Gasteiger partial charge in [-0.15, -0.1) is 0 Å². The molecule has 0 saturated carbocycles. The van der Waals surface area contributed by atoms with Crippen molar-refractivity contribution < 1.29 is 27.9 Å². The molecule has 0 aliphatic carbocycles. The van der Waals surface area contributed by atoms with Crippen molar-refractivity contribution in [1.82, 2.24) is 9.80 Å². The molecule has 0 spiro atoms. The molecule has 0 aromatic heterocycles. The van der Waals surface area contributed by atoms with Crippen LogP contribution in [0.15, 0.2) is 48.6 Å². The van der Waals surface area contributed by atoms with E-state index in [9.17, 15) is 18.0 Å². The molecule has 0 unspecified atom stereocenters. The maximum Gasteiger partial charge on any atom is 0.490 e. The van der Waals surface area contributed by atoms with Gasteiger partial charge in [0.2, 0.25) is 0 Å². The zero-order valence-corrected chi connectivity index (χ0v) is 23.0. The number of anilines is 2. The smallest absolute Gasteiger partial charge is 0.475 e. The number of nitrogen functional groups attached to an aromatic ring is 1. The Labute approximate surface area is 244 Å². The highest BCUT2D eigenvalue weighted by Gasteiger charge is 2.38. The number of rotatable bonds is 4. The summed E-state index contributed by atoms with van der Waals surface area (Å²) in [5, 5.41) is 25.6. The van der Waals surface area contributed by atoms with E-state index >= 15 is 0 Å². The number of amides is 1. The number of halogens is 4. The number of carbonyl (C=O) groups excluding carboxylic acids is 1. The first kappa shape index (κ1) is 31.8. The van der Waals surface area contributed by atoms with E-state index in [0.717, 1.165) is 35.1 Å². The molecule has 0 saturated heterocycles. The Kier molecular flexibility index (Phi) is 10.1. The third-order valence-electron chi connectivity index (χ3n) is 6.59. The van der Waals surface area contributed by atoms with Crippen LogP contribution in [0.25, 0.3) is 11.1 Å². The summed E-state index contributed by atoms with van der Waals surface area (Å²) in [6.07, 6.45) is 0.449. The standard InChI is InChI=1S/C25H29ClN8O.C2HF3O2/c26-20-13-18(1-3-19(20)16-7-11-34(12-8-16)25(30)31)23(35)32-22-4-2-17(14-21(22)27)15-5-9-33(10-6-15)24(28)29;3-2(4,5)1(6)7/h1-5,7,13-14H,6,8-12,27H2,(H3,28,29)(H3,30,31)(H,32,35);(H,6,7). The second-order valence-electron chi connectivity index (χ2n) is 9.37. The van der Waals surface area contributed by atoms with Gasteiger partial charge in [0.15, 0.2) is 11.9 Å². The number of carbonyl (C=O) groups is 2. The third-order valence-corrected chi connectivity index (χ3v) is 6.90. The van der Waals surface area contributed by atoms with E-state index in [1.54, 1.807) is 28.0 Å². The van der Waals surface area contributed by atoms with Gasteiger partial charge < -0.3 is 37.4 Å². The van der Waals surface area contributed by atoms with Gasteiger partial charge in [0, 0.05) is 36.8 Å². The maximum absolute atomic E-state index is 12.9. The van der Waals surface area contributed by atoms with Crippen molar-refractivity contribution in [3.8, 4) is 0 Å². The normalized spacial score (nSPS) is 15.0. The Morgan fingerprint density at radius 2 is 1.48 bits per heavy atom. The van der Waals surface area contributed by atoms with E-state index in [0.29, 0.717) is 48.1 Å². The summed E-state index contributed by atoms with van der Waals surface area (Å²) in [5.74, 6) is -2.93. The fourth-order valence-electron chi connectivity index (χ4n) is 4.27. The topological polar surface area (TPSA) is 199 Å². The summed E-state index contributed by atoms with van der Waals surface area (Å²) >= 11 is 6.52. The van der Waals surface area contributed by atoms with Crippen LogP contribution in [-0.2, 0) is 4.79 Å². The van der Waals surface area contributed by atoms with Crippen molar-refractivity contribution in [2.45, 2.75) is 19.0 Å². The first-order valence-electron chi connectivity index (χ1n) is 12.5. The van der Waals surface area contributed by atoms with E-state index in [4.69, 9.17) is 49.5 Å². The minimum atomic E-state index is -5.08. The minimum absolute atomic E-state index is 0.0563. The predicted molar refractivity (Wildman–Crippen MR) is 156 cm³/mol. The van der Waals surface area contributed by atoms with E-state index in [-0.39, 0.29) is 17.8 Å². The molecule has 0 fully saturated rings. The Morgan fingerprint density at radius 1 is 0.929 bits per heavy atom. The van der Waals surface area contributed by atoms with Crippen molar-refractivity contribution >= 4 is 57.9 Å². The number of aliphatic carboxylic acids is 1. The van der Waals surface area contributed by atoms with Gasteiger partial charge >= 0.3 is 12.1 Å². The molecule has 2 aromatic rings. The lowest BCUT2D eigenvalue weighted by Gasteiger charge is -2.27. The number of carboxylic acid groups (broad SMARTS) is 1. The van der Waals surface area contributed by atoms with Crippen LogP contribution in [0, 0.1) is 10.8 Å². The van der Waals surface area contributed by atoms with Crippen molar-refractivity contribution in [2.75, 3.05) is 37.2 Å². The number of benzene rings is 2. The molecule has 0 bridgehead atoms. The molecule has 2 heterocycles. The maximum atomic E-state index is 12.9. The quantitative estimate of drug-likeness (QED) is 0.155. The van der Waals surface area contributed by atoms with Crippen LogP contribution in [0.1, 0.15) is 34.3 Å². The molecule has 11 nitrogen and oxygen atoms in total. The first-order valence-corrected chi connectivity index (χ1v) is 12.9. The van der Waals surface area contributed by atoms with Crippen LogP contribution in [0.3, 0.4) is 0 Å². The van der Waals surface area contributed by atoms with Gasteiger partial charge in [0.05, 0.1) is 11.4 Å². The second kappa shape index (κ2) is 13.3. The number of carboxylic acids is 1. The van der Waals surface area contributed by atoms with Crippen molar-refractivity contribution in [3.05, 3.63) is 70.3 Å². The Hall–Kier alpha value is -4.72. The highest BCUT2D eigenvalue weighted by atomic mass is 35.5. The van der Waals surface area contributed by atoms with Gasteiger partial charge in [-0.05, 0) is 59.4 Å². The van der Waals surface area contributed by atoms with Crippen molar-refractivity contribution in [1.29, 1.82) is 10.8 Å². The molecule has 10 N–H and O–H groups in total. The highest BCUT2D eigenvalue weighted by molar-refractivity contribution is 6.33. The first-order chi connectivity index (χ1) is 19.7. The molecular weight excluding hydrogens is 577 g/mol. The third kappa shape index (κ3) is 8.16. The van der Waals surface area contributed by atoms with Crippen LogP contribution in [0.2, 0.25) is 5.02 Å². The second-order valence-corrected chi connectivity index (χ2v) is 9.78. The van der Waals surface area contributed by atoms with Crippen molar-refractivity contribution in [3.63, 3.8) is 0 Å². The Balaban J connectivity index is 0.000000616. The summed E-state index contributed by atoms with van der Waals surface area (Å²) in [6, 6.07) is 10.8. The predicted octanol–water partition coefficient (Wildman–Crippen LogP) is 3.77. The van der Waals surface area contributed by atoms with Gasteiger partial charge in [0.1, 0.15) is 0 Å². The average Bonchev–Trinajstić information content (AvgIpc) is 2.94. The SMILES string of the molecule is N=C(N)N1CC=C(c2ccc(NC(=O)c3ccc(C4=CCN(C(=N)N)CC4)c(Cl)c3)c(N)c2)CC1.O=C(O)C(F)(F)F. The molecule has 2 aliphatic rings. The highest BCUT2D eigenvalue weighted by Crippen LogP contribution is 2.31. The summed E-state index contributed by atoms with van der Waals surface area (Å²) in [6.45, 7) is 2.49. The summed E-state index contributed by atoms with van der Waals surface area (Å²) in [5.41, 5.74) is 22.9. The largest absolute Gasteiger partial charge is 0.490 e. The van der Waals surface area contributed by atoms with E-state index in [2.05, 4.69) is 5.32 Å². The lowest BCUT2D eigenvalue weighted by Crippen LogP contribution is -2.39. The number of guanidine groups is 2. The van der Waals surface area contributed by atoms with Crippen LogP contribution < -0.4 is 22.5 Å². The van der Waals surface area contributed by atoms with Crippen LogP contribution in [0.4, 0.5) is 24.5 Å². The van der Waals surface area contributed by atoms with Crippen LogP contribution in [-0.4, -0.2) is 71.1 Å². The molecule has 0 radical (unpaired) electrons. The van der Waals surface area contributed by atoms with E-state index in [1.807, 2.05) is 30.4 Å². The Bertz CT molecular complexity index is 1460. The van der Waals surface area contributed by atoms with E-state index in [1.165, 1.54) is 0 Å². The molecule has 1 amide bonds. The van der Waals surface area contributed by atoms with Gasteiger partial charge in [0.25, 0.3) is 5.91 Å². The fraction of sp³-hybridized carbons (Fsp3) is 0.259. The van der Waals surface area contributed by atoms with E-state index < -0.39 is 12.1 Å². The number of hydrogen-bond acceptors (Lipinski definition) is 5. The summed E-state index contributed by atoms with van der Waals surface area (Å²) in [7, 11) is 0. The van der Waals surface area contributed by atoms with Gasteiger partial charge in [-0.1, -0.05) is 35.9 Å². The van der Waals surface area contributed by atoms with Crippen molar-refractivity contribution in [2.24, 2.45) is 11.5 Å². The number of nitrogens with zero attached hydrogens (tertiary/aromatic N) is 2. The lowest BCUT2D eigenvalue weighted by molar-refractivity contribution is -0.192. The molecule has 42 heavy (non-hydrogen) atoms. The lowest BCUT2D eigenvalue weighted by atomic mass is 9.98. The Morgan fingerprint density at radius 3 is 1.90 bits per heavy atom. The number of nitrogens with two attached hydrogens (primary N) is 3. The molecule has 15 heteroatoms. The van der Waals surface area contributed by atoms with Gasteiger partial charge in [-0.25, -0.2) is 4.79 Å². The van der Waals surface area contributed by atoms with Crippen LogP contribution in [0.5, 0.6) is 0 Å². The monoisotopic (exact) mass is 606 g/mol. The molecule has 2 aromatic carbocycles. The number of hydrogen-bond donors (Lipinski definition) is 7. The molecule has 4 rings (SSSR count). The minimum Gasteiger partial charge on any atom is -0.475 e. The molecule has 2 aliphatic heterocycles. The number of alkyl halides is 3. The van der Waals surface area contributed by atoms with Gasteiger partial charge in [-0.3, -0.25) is 15.6 Å². The van der Waals surface area contributed by atoms with Gasteiger partial charge in [-0.2, -0.15) is 13.2 Å². The molecule has 224 valence electrons. The van der Waals surface area contributed by atoms with Crippen LogP contribution >= 0.6 is 11.6 Å². The molecular formula is C27H30ClF3N8O3. The fourth-order valence-corrected chi connectivity index (χ4v) is 4.57. The zero-order valence-electron chi connectivity index (χ0n) is 22.3.